The zero-order valence-electron chi connectivity index (χ0n) is 11.0. The minimum absolute atomic E-state index is 0.417. The van der Waals surface area contributed by atoms with Gasteiger partial charge in [-0.2, -0.15) is 0 Å². The van der Waals surface area contributed by atoms with Crippen molar-refractivity contribution in [2.75, 3.05) is 13.1 Å². The van der Waals surface area contributed by atoms with Crippen LogP contribution >= 0.6 is 0 Å². The van der Waals surface area contributed by atoms with Crippen molar-refractivity contribution in [1.29, 1.82) is 0 Å². The van der Waals surface area contributed by atoms with Crippen molar-refractivity contribution >= 4 is 0 Å². The Morgan fingerprint density at radius 2 is 2.24 bits per heavy atom. The lowest BCUT2D eigenvalue weighted by Gasteiger charge is -2.36. The van der Waals surface area contributed by atoms with E-state index in [0.717, 1.165) is 32.4 Å². The smallest absolute Gasteiger partial charge is 0.00818 e. The van der Waals surface area contributed by atoms with Gasteiger partial charge in [-0.3, -0.25) is 0 Å². The van der Waals surface area contributed by atoms with Crippen molar-refractivity contribution in [3.05, 3.63) is 35.4 Å². The van der Waals surface area contributed by atoms with Crippen LogP contribution in [-0.2, 0) is 6.42 Å². The maximum absolute atomic E-state index is 5.99. The maximum atomic E-state index is 5.99. The first-order valence-electron chi connectivity index (χ1n) is 6.70. The average molecular weight is 232 g/mol. The van der Waals surface area contributed by atoms with Crippen LogP contribution in [0.3, 0.4) is 0 Å². The molecule has 0 aromatic heterocycles. The summed E-state index contributed by atoms with van der Waals surface area (Å²) in [5.41, 5.74) is 8.80. The molecule has 0 amide bonds. The minimum atomic E-state index is 0.417. The van der Waals surface area contributed by atoms with Gasteiger partial charge < -0.3 is 10.6 Å². The zero-order chi connectivity index (χ0) is 12.3. The van der Waals surface area contributed by atoms with Crippen molar-refractivity contribution in [3.63, 3.8) is 0 Å². The predicted octanol–water partition coefficient (Wildman–Crippen LogP) is 2.35. The molecule has 1 aromatic rings. The van der Waals surface area contributed by atoms with Crippen molar-refractivity contribution in [2.24, 2.45) is 5.73 Å². The second-order valence-corrected chi connectivity index (χ2v) is 5.41. The van der Waals surface area contributed by atoms with Gasteiger partial charge in [-0.1, -0.05) is 29.8 Å². The maximum Gasteiger partial charge on any atom is 0.00818 e. The monoisotopic (exact) mass is 232 g/mol. The highest BCUT2D eigenvalue weighted by molar-refractivity contribution is 5.22. The largest absolute Gasteiger partial charge is 0.328 e. The predicted molar refractivity (Wildman–Crippen MR) is 73.1 cm³/mol. The van der Waals surface area contributed by atoms with Gasteiger partial charge in [0.05, 0.1) is 0 Å². The number of hydrogen-bond acceptors (Lipinski definition) is 2. The Morgan fingerprint density at radius 3 is 2.94 bits per heavy atom. The van der Waals surface area contributed by atoms with Crippen LogP contribution in [0.1, 0.15) is 30.9 Å². The van der Waals surface area contributed by atoms with Gasteiger partial charge in [-0.05, 0) is 45.2 Å². The molecule has 1 aliphatic heterocycles. The lowest BCUT2D eigenvalue weighted by molar-refractivity contribution is 0.149. The van der Waals surface area contributed by atoms with Crippen LogP contribution in [0, 0.1) is 6.92 Å². The second-order valence-electron chi connectivity index (χ2n) is 5.41. The summed E-state index contributed by atoms with van der Waals surface area (Å²) in [6.45, 7) is 6.78. The van der Waals surface area contributed by atoms with E-state index < -0.39 is 0 Å². The van der Waals surface area contributed by atoms with Gasteiger partial charge in [0, 0.05) is 18.6 Å². The van der Waals surface area contributed by atoms with Gasteiger partial charge in [0.2, 0.25) is 0 Å². The molecule has 94 valence electrons. The molecule has 1 heterocycles. The molecule has 0 radical (unpaired) electrons. The third-order valence-corrected chi connectivity index (χ3v) is 3.82. The molecule has 17 heavy (non-hydrogen) atoms. The molecule has 0 spiro atoms. The fourth-order valence-electron chi connectivity index (χ4n) is 2.73. The van der Waals surface area contributed by atoms with Crippen LogP contribution in [0.5, 0.6) is 0 Å². The molecular weight excluding hydrogens is 208 g/mol. The van der Waals surface area contributed by atoms with Crippen LogP contribution in [0.4, 0.5) is 0 Å². The summed E-state index contributed by atoms with van der Waals surface area (Å²) in [5, 5.41) is 0. The van der Waals surface area contributed by atoms with Crippen LogP contribution in [0.2, 0.25) is 0 Å². The van der Waals surface area contributed by atoms with Gasteiger partial charge in [0.15, 0.2) is 0 Å². The first kappa shape index (κ1) is 12.6. The first-order valence-corrected chi connectivity index (χ1v) is 6.70. The molecule has 2 unspecified atom stereocenters. The molecule has 0 bridgehead atoms. The van der Waals surface area contributed by atoms with E-state index in [1.807, 2.05) is 0 Å². The fraction of sp³-hybridized carbons (Fsp3) is 0.600. The van der Waals surface area contributed by atoms with Gasteiger partial charge in [0.25, 0.3) is 0 Å². The number of likely N-dealkylation sites (tertiary alicyclic amines) is 1. The zero-order valence-corrected chi connectivity index (χ0v) is 11.0. The molecule has 0 saturated carbocycles. The molecule has 2 N–H and O–H groups in total. The Hall–Kier alpha value is -0.860. The van der Waals surface area contributed by atoms with Crippen LogP contribution in [0.25, 0.3) is 0 Å². The van der Waals surface area contributed by atoms with Crippen LogP contribution < -0.4 is 5.73 Å². The van der Waals surface area contributed by atoms with E-state index in [2.05, 4.69) is 43.0 Å². The molecule has 2 atom stereocenters. The van der Waals surface area contributed by atoms with Crippen LogP contribution in [0.15, 0.2) is 24.3 Å². The molecule has 2 heteroatoms. The Labute approximate surface area is 105 Å². The average Bonchev–Trinajstić information content (AvgIpc) is 2.28. The Kier molecular flexibility index (Phi) is 4.19. The fourth-order valence-corrected chi connectivity index (χ4v) is 2.73. The molecule has 1 fully saturated rings. The van der Waals surface area contributed by atoms with Crippen molar-refractivity contribution < 1.29 is 0 Å². The SMILES string of the molecule is Cc1cccc(CCN2CCC(N)CC2C)c1. The molecular formula is C15H24N2. The van der Waals surface area contributed by atoms with Gasteiger partial charge in [0.1, 0.15) is 0 Å². The number of benzene rings is 1. The lowest BCUT2D eigenvalue weighted by atomic mass is 9.98. The topological polar surface area (TPSA) is 29.3 Å². The first-order chi connectivity index (χ1) is 8.15. The molecule has 1 aliphatic rings. The third-order valence-electron chi connectivity index (χ3n) is 3.82. The second kappa shape index (κ2) is 5.65. The van der Waals surface area contributed by atoms with E-state index in [9.17, 15) is 0 Å². The molecule has 2 rings (SSSR count). The number of rotatable bonds is 3. The minimum Gasteiger partial charge on any atom is -0.328 e. The Bertz CT molecular complexity index is 362. The van der Waals surface area contributed by atoms with E-state index in [1.165, 1.54) is 11.1 Å². The van der Waals surface area contributed by atoms with E-state index in [0.29, 0.717) is 12.1 Å². The highest BCUT2D eigenvalue weighted by Gasteiger charge is 2.22. The summed E-state index contributed by atoms with van der Waals surface area (Å²) in [5.74, 6) is 0. The third kappa shape index (κ3) is 3.55. The van der Waals surface area contributed by atoms with Gasteiger partial charge >= 0.3 is 0 Å². The summed E-state index contributed by atoms with van der Waals surface area (Å²) in [4.78, 5) is 2.58. The van der Waals surface area contributed by atoms with E-state index in [-0.39, 0.29) is 0 Å². The quantitative estimate of drug-likeness (QED) is 0.867. The lowest BCUT2D eigenvalue weighted by Crippen LogP contribution is -2.46. The molecule has 0 aliphatic carbocycles. The highest BCUT2D eigenvalue weighted by Crippen LogP contribution is 2.16. The number of aryl methyl sites for hydroxylation is 1. The van der Waals surface area contributed by atoms with E-state index >= 15 is 0 Å². The van der Waals surface area contributed by atoms with Gasteiger partial charge in [-0.25, -0.2) is 0 Å². The van der Waals surface area contributed by atoms with Crippen molar-refractivity contribution in [3.8, 4) is 0 Å². The summed E-state index contributed by atoms with van der Waals surface area (Å²) in [7, 11) is 0. The van der Waals surface area contributed by atoms with E-state index in [4.69, 9.17) is 5.73 Å². The highest BCUT2D eigenvalue weighted by atomic mass is 15.2. The number of hydrogen-bond donors (Lipinski definition) is 1. The number of nitrogens with zero attached hydrogens (tertiary/aromatic N) is 1. The summed E-state index contributed by atoms with van der Waals surface area (Å²) in [6, 6.07) is 9.89. The van der Waals surface area contributed by atoms with Crippen molar-refractivity contribution in [2.45, 2.75) is 45.2 Å². The van der Waals surface area contributed by atoms with E-state index in [1.54, 1.807) is 0 Å². The number of piperidine rings is 1. The normalized spacial score (nSPS) is 26.1. The molecule has 2 nitrogen and oxygen atoms in total. The van der Waals surface area contributed by atoms with Gasteiger partial charge in [-0.15, -0.1) is 0 Å². The summed E-state index contributed by atoms with van der Waals surface area (Å²) in [6.07, 6.45) is 3.45. The van der Waals surface area contributed by atoms with Crippen molar-refractivity contribution in [1.82, 2.24) is 4.90 Å². The summed E-state index contributed by atoms with van der Waals surface area (Å²) < 4.78 is 0. The molecule has 1 aromatic carbocycles. The van der Waals surface area contributed by atoms with Crippen LogP contribution in [-0.4, -0.2) is 30.1 Å². The Morgan fingerprint density at radius 1 is 1.41 bits per heavy atom. The number of nitrogens with two attached hydrogens (primary N) is 1. The summed E-state index contributed by atoms with van der Waals surface area (Å²) >= 11 is 0. The standard InChI is InChI=1S/C15H24N2/c1-12-4-3-5-14(10-12)6-8-17-9-7-15(16)11-13(17)2/h3-5,10,13,15H,6-9,11,16H2,1-2H3. The molecule has 1 saturated heterocycles. The Balaban J connectivity index is 1.86.